The molecule has 0 aromatic heterocycles. The van der Waals surface area contributed by atoms with Gasteiger partial charge in [-0.2, -0.15) is 0 Å². The first-order valence-electron chi connectivity index (χ1n) is 6.22. The van der Waals surface area contributed by atoms with Gasteiger partial charge in [0.15, 0.2) is 0 Å². The van der Waals surface area contributed by atoms with E-state index in [-0.39, 0.29) is 11.3 Å². The Balaban J connectivity index is 2.11. The van der Waals surface area contributed by atoms with E-state index in [2.05, 4.69) is 5.32 Å². The molecule has 5 nitrogen and oxygen atoms in total. The SMILES string of the molecule is CC1=CCN(C(=O)Nc2cc(C(=O)O)ccc2F)CC1. The minimum Gasteiger partial charge on any atom is -0.478 e. The van der Waals surface area contributed by atoms with Crippen LogP contribution < -0.4 is 5.32 Å². The molecule has 0 saturated heterocycles. The van der Waals surface area contributed by atoms with E-state index in [1.807, 2.05) is 13.0 Å². The van der Waals surface area contributed by atoms with Crippen molar-refractivity contribution in [2.75, 3.05) is 18.4 Å². The Labute approximate surface area is 115 Å². The van der Waals surface area contributed by atoms with Gasteiger partial charge in [-0.05, 0) is 31.5 Å². The first kappa shape index (κ1) is 14.0. The molecule has 20 heavy (non-hydrogen) atoms. The number of hydrogen-bond acceptors (Lipinski definition) is 2. The number of carboxylic acids is 1. The summed E-state index contributed by atoms with van der Waals surface area (Å²) in [6.07, 6.45) is 2.72. The molecule has 0 unspecified atom stereocenters. The van der Waals surface area contributed by atoms with Crippen LogP contribution in [0.1, 0.15) is 23.7 Å². The Morgan fingerprint density at radius 1 is 1.40 bits per heavy atom. The van der Waals surface area contributed by atoms with Gasteiger partial charge in [0.25, 0.3) is 0 Å². The van der Waals surface area contributed by atoms with Crippen molar-refractivity contribution in [1.82, 2.24) is 4.90 Å². The third-order valence-corrected chi connectivity index (χ3v) is 3.18. The molecule has 1 heterocycles. The molecule has 6 heteroatoms. The fourth-order valence-corrected chi connectivity index (χ4v) is 1.90. The van der Waals surface area contributed by atoms with Gasteiger partial charge in [-0.15, -0.1) is 0 Å². The third-order valence-electron chi connectivity index (χ3n) is 3.18. The summed E-state index contributed by atoms with van der Waals surface area (Å²) in [5.74, 6) is -1.83. The van der Waals surface area contributed by atoms with Crippen LogP contribution in [0.4, 0.5) is 14.9 Å². The van der Waals surface area contributed by atoms with Gasteiger partial charge in [0.2, 0.25) is 0 Å². The van der Waals surface area contributed by atoms with E-state index in [0.29, 0.717) is 13.1 Å². The van der Waals surface area contributed by atoms with Crippen molar-refractivity contribution >= 4 is 17.7 Å². The van der Waals surface area contributed by atoms with E-state index >= 15 is 0 Å². The highest BCUT2D eigenvalue weighted by atomic mass is 19.1. The fourth-order valence-electron chi connectivity index (χ4n) is 1.90. The Morgan fingerprint density at radius 2 is 2.15 bits per heavy atom. The van der Waals surface area contributed by atoms with E-state index in [1.54, 1.807) is 4.90 Å². The normalized spacial score (nSPS) is 14.7. The lowest BCUT2D eigenvalue weighted by Crippen LogP contribution is -2.38. The number of carbonyl (C=O) groups excluding carboxylic acids is 1. The van der Waals surface area contributed by atoms with Gasteiger partial charge in [0.05, 0.1) is 11.3 Å². The molecule has 0 bridgehead atoms. The monoisotopic (exact) mass is 278 g/mol. The summed E-state index contributed by atoms with van der Waals surface area (Å²) in [6, 6.07) is 2.86. The number of urea groups is 1. The summed E-state index contributed by atoms with van der Waals surface area (Å²) < 4.78 is 13.6. The summed E-state index contributed by atoms with van der Waals surface area (Å²) >= 11 is 0. The lowest BCUT2D eigenvalue weighted by atomic mass is 10.1. The zero-order valence-corrected chi connectivity index (χ0v) is 11.0. The number of aromatic carboxylic acids is 1. The molecule has 0 spiro atoms. The molecule has 0 atom stereocenters. The summed E-state index contributed by atoms with van der Waals surface area (Å²) in [5.41, 5.74) is 1.02. The van der Waals surface area contributed by atoms with Gasteiger partial charge in [0.1, 0.15) is 5.82 Å². The van der Waals surface area contributed by atoms with Crippen molar-refractivity contribution in [3.05, 3.63) is 41.2 Å². The number of rotatable bonds is 2. The lowest BCUT2D eigenvalue weighted by molar-refractivity contribution is 0.0697. The number of amides is 2. The molecule has 2 amide bonds. The predicted molar refractivity (Wildman–Crippen MR) is 72.3 cm³/mol. The number of nitrogens with one attached hydrogen (secondary N) is 1. The number of carbonyl (C=O) groups is 2. The Hall–Kier alpha value is -2.37. The molecule has 0 fully saturated rings. The quantitative estimate of drug-likeness (QED) is 0.817. The highest BCUT2D eigenvalue weighted by Crippen LogP contribution is 2.18. The van der Waals surface area contributed by atoms with Gasteiger partial charge in [-0.25, -0.2) is 14.0 Å². The van der Waals surface area contributed by atoms with Crippen LogP contribution in [0, 0.1) is 5.82 Å². The van der Waals surface area contributed by atoms with Crippen molar-refractivity contribution in [3.8, 4) is 0 Å². The van der Waals surface area contributed by atoms with Gasteiger partial charge in [-0.3, -0.25) is 0 Å². The van der Waals surface area contributed by atoms with E-state index in [9.17, 15) is 14.0 Å². The Kier molecular flexibility index (Phi) is 4.02. The third kappa shape index (κ3) is 3.14. The van der Waals surface area contributed by atoms with Crippen LogP contribution in [-0.4, -0.2) is 35.1 Å². The number of carboxylic acid groups (broad SMARTS) is 1. The van der Waals surface area contributed by atoms with Crippen molar-refractivity contribution in [3.63, 3.8) is 0 Å². The predicted octanol–water partition coefficient (Wildman–Crippen LogP) is 2.71. The number of nitrogens with zero attached hydrogens (tertiary/aromatic N) is 1. The Morgan fingerprint density at radius 3 is 2.75 bits per heavy atom. The number of benzene rings is 1. The van der Waals surface area contributed by atoms with Crippen molar-refractivity contribution in [2.45, 2.75) is 13.3 Å². The van der Waals surface area contributed by atoms with Gasteiger partial charge >= 0.3 is 12.0 Å². The molecular weight excluding hydrogens is 263 g/mol. The van der Waals surface area contributed by atoms with Crippen LogP contribution >= 0.6 is 0 Å². The maximum Gasteiger partial charge on any atom is 0.335 e. The molecule has 0 radical (unpaired) electrons. The first-order valence-corrected chi connectivity index (χ1v) is 6.22. The van der Waals surface area contributed by atoms with Crippen LogP contribution in [-0.2, 0) is 0 Å². The van der Waals surface area contributed by atoms with E-state index in [1.165, 1.54) is 5.57 Å². The van der Waals surface area contributed by atoms with Crippen molar-refractivity contribution in [1.29, 1.82) is 0 Å². The summed E-state index contributed by atoms with van der Waals surface area (Å²) in [5, 5.41) is 11.3. The average Bonchev–Trinajstić information content (AvgIpc) is 2.41. The molecule has 1 aliphatic heterocycles. The van der Waals surface area contributed by atoms with Crippen LogP contribution in [0.15, 0.2) is 29.8 Å². The molecule has 2 N–H and O–H groups in total. The molecule has 1 aromatic rings. The van der Waals surface area contributed by atoms with Gasteiger partial charge < -0.3 is 15.3 Å². The van der Waals surface area contributed by atoms with E-state index in [4.69, 9.17) is 5.11 Å². The minimum atomic E-state index is -1.17. The second kappa shape index (κ2) is 5.73. The van der Waals surface area contributed by atoms with Gasteiger partial charge in [0, 0.05) is 13.1 Å². The lowest BCUT2D eigenvalue weighted by Gasteiger charge is -2.25. The highest BCUT2D eigenvalue weighted by Gasteiger charge is 2.17. The summed E-state index contributed by atoms with van der Waals surface area (Å²) in [7, 11) is 0. The molecule has 1 aliphatic rings. The second-order valence-corrected chi connectivity index (χ2v) is 4.68. The number of hydrogen-bond donors (Lipinski definition) is 2. The average molecular weight is 278 g/mol. The molecule has 0 saturated carbocycles. The standard InChI is InChI=1S/C14H15FN2O3/c1-9-4-6-17(7-5-9)14(20)16-12-8-10(13(18)19)2-3-11(12)15/h2-4,8H,5-7H2,1H3,(H,16,20)(H,18,19). The van der Waals surface area contributed by atoms with Crippen molar-refractivity contribution in [2.24, 2.45) is 0 Å². The maximum atomic E-state index is 13.6. The Bertz CT molecular complexity index is 584. The second-order valence-electron chi connectivity index (χ2n) is 4.68. The van der Waals surface area contributed by atoms with Crippen LogP contribution in [0.5, 0.6) is 0 Å². The summed E-state index contributed by atoms with van der Waals surface area (Å²) in [6.45, 7) is 3.03. The molecule has 0 aliphatic carbocycles. The van der Waals surface area contributed by atoms with Crippen LogP contribution in [0.25, 0.3) is 0 Å². The molecule has 1 aromatic carbocycles. The zero-order chi connectivity index (χ0) is 14.7. The van der Waals surface area contributed by atoms with E-state index in [0.717, 1.165) is 24.6 Å². The molecule has 2 rings (SSSR count). The van der Waals surface area contributed by atoms with Crippen LogP contribution in [0.3, 0.4) is 0 Å². The highest BCUT2D eigenvalue weighted by molar-refractivity contribution is 5.93. The maximum absolute atomic E-state index is 13.6. The summed E-state index contributed by atoms with van der Waals surface area (Å²) in [4.78, 5) is 24.4. The zero-order valence-electron chi connectivity index (χ0n) is 11.0. The number of anilines is 1. The van der Waals surface area contributed by atoms with E-state index < -0.39 is 17.8 Å². The van der Waals surface area contributed by atoms with Crippen LogP contribution in [0.2, 0.25) is 0 Å². The van der Waals surface area contributed by atoms with Crippen molar-refractivity contribution < 1.29 is 19.1 Å². The molecular formula is C14H15FN2O3. The number of halogens is 1. The van der Waals surface area contributed by atoms with Gasteiger partial charge in [-0.1, -0.05) is 11.6 Å². The first-order chi connectivity index (χ1) is 9.47. The minimum absolute atomic E-state index is 0.0731. The smallest absolute Gasteiger partial charge is 0.335 e. The molecule has 106 valence electrons. The topological polar surface area (TPSA) is 69.6 Å². The fraction of sp³-hybridized carbons (Fsp3) is 0.286. The largest absolute Gasteiger partial charge is 0.478 e.